The first-order valence-corrected chi connectivity index (χ1v) is 5.68. The molecule has 0 saturated carbocycles. The number of aliphatic imine (C=N–C) groups is 2. The molecule has 5 nitrogen and oxygen atoms in total. The zero-order chi connectivity index (χ0) is 11.0. The Labute approximate surface area is 91.9 Å². The van der Waals surface area contributed by atoms with Gasteiger partial charge in [-0.3, -0.25) is 0 Å². The van der Waals surface area contributed by atoms with Gasteiger partial charge in [0.1, 0.15) is 0 Å². The Balaban J connectivity index is 2.28. The molecule has 2 aliphatic rings. The maximum Gasteiger partial charge on any atom is 0.356 e. The monoisotopic (exact) mass is 225 g/mol. The van der Waals surface area contributed by atoms with E-state index in [0.717, 1.165) is 5.70 Å². The van der Waals surface area contributed by atoms with Gasteiger partial charge in [0.25, 0.3) is 0 Å². The first kappa shape index (κ1) is 10.2. The predicted octanol–water partition coefficient (Wildman–Crippen LogP) is 0.488. The molecule has 0 fully saturated rings. The maximum absolute atomic E-state index is 11.2. The van der Waals surface area contributed by atoms with Crippen LogP contribution < -0.4 is 0 Å². The van der Waals surface area contributed by atoms with Crippen LogP contribution in [0.3, 0.4) is 0 Å². The van der Waals surface area contributed by atoms with Crippen LogP contribution in [-0.4, -0.2) is 48.3 Å². The molecule has 0 spiro atoms. The van der Waals surface area contributed by atoms with Gasteiger partial charge in [0.15, 0.2) is 17.0 Å². The Kier molecular flexibility index (Phi) is 2.52. The number of methoxy groups -OCH3 is 1. The molecule has 0 aromatic carbocycles. The molecular weight excluding hydrogens is 214 g/mol. The van der Waals surface area contributed by atoms with Crippen molar-refractivity contribution in [3.8, 4) is 0 Å². The van der Waals surface area contributed by atoms with Crippen molar-refractivity contribution < 1.29 is 9.53 Å². The molecule has 0 N–H and O–H groups in total. The molecule has 0 aromatic rings. The predicted molar refractivity (Wildman–Crippen MR) is 60.0 cm³/mol. The molecule has 2 heterocycles. The topological polar surface area (TPSA) is 54.3 Å². The highest BCUT2D eigenvalue weighted by atomic mass is 32.2. The van der Waals surface area contributed by atoms with Crippen LogP contribution in [0.5, 0.6) is 0 Å². The molecule has 80 valence electrons. The van der Waals surface area contributed by atoms with Crippen molar-refractivity contribution in [2.45, 2.75) is 5.50 Å². The van der Waals surface area contributed by atoms with Crippen molar-refractivity contribution in [2.24, 2.45) is 9.98 Å². The third-order valence-corrected chi connectivity index (χ3v) is 3.12. The number of hydrogen-bond donors (Lipinski definition) is 0. The van der Waals surface area contributed by atoms with Crippen LogP contribution in [0.1, 0.15) is 0 Å². The fourth-order valence-electron chi connectivity index (χ4n) is 1.48. The molecule has 0 saturated heterocycles. The number of amidine groups is 1. The smallest absolute Gasteiger partial charge is 0.356 e. The number of esters is 1. The summed E-state index contributed by atoms with van der Waals surface area (Å²) in [5.74, 6) is 0.200. The molecule has 1 unspecified atom stereocenters. The van der Waals surface area contributed by atoms with Crippen molar-refractivity contribution in [1.29, 1.82) is 0 Å². The second-order valence-corrected chi connectivity index (χ2v) is 4.04. The van der Waals surface area contributed by atoms with Crippen LogP contribution in [0.25, 0.3) is 0 Å². The van der Waals surface area contributed by atoms with Gasteiger partial charge < -0.3 is 9.64 Å². The first-order valence-electron chi connectivity index (χ1n) is 4.40. The molecule has 0 amide bonds. The van der Waals surface area contributed by atoms with Crippen LogP contribution in [0.15, 0.2) is 21.8 Å². The lowest BCUT2D eigenvalue weighted by Crippen LogP contribution is -2.22. The Morgan fingerprint density at radius 3 is 2.93 bits per heavy atom. The van der Waals surface area contributed by atoms with Crippen LogP contribution in [-0.2, 0) is 9.53 Å². The highest BCUT2D eigenvalue weighted by Gasteiger charge is 2.32. The third-order valence-electron chi connectivity index (χ3n) is 2.28. The van der Waals surface area contributed by atoms with Crippen molar-refractivity contribution in [1.82, 2.24) is 4.90 Å². The summed E-state index contributed by atoms with van der Waals surface area (Å²) in [6.07, 6.45) is 3.69. The molecule has 1 atom stereocenters. The van der Waals surface area contributed by atoms with Crippen molar-refractivity contribution in [2.75, 3.05) is 20.4 Å². The number of fused-ring (bicyclic) bond motifs is 1. The summed E-state index contributed by atoms with van der Waals surface area (Å²) >= 11 is 1.62. The molecule has 6 heteroatoms. The lowest BCUT2D eigenvalue weighted by molar-refractivity contribution is -0.132. The minimum absolute atomic E-state index is 0.0641. The van der Waals surface area contributed by atoms with Gasteiger partial charge >= 0.3 is 5.97 Å². The summed E-state index contributed by atoms with van der Waals surface area (Å²) in [7, 11) is 3.27. The van der Waals surface area contributed by atoms with E-state index in [1.54, 1.807) is 17.8 Å². The number of carbonyl (C=O) groups excluding carboxylic acids is 1. The number of nitrogens with zero attached hydrogens (tertiary/aromatic N) is 3. The van der Waals surface area contributed by atoms with E-state index in [9.17, 15) is 4.79 Å². The fourth-order valence-corrected chi connectivity index (χ4v) is 2.12. The minimum atomic E-state index is -0.422. The summed E-state index contributed by atoms with van der Waals surface area (Å²) < 4.78 is 4.59. The fraction of sp³-hybridized carbons (Fsp3) is 0.444. The summed E-state index contributed by atoms with van der Waals surface area (Å²) in [5, 5.41) is 0. The maximum atomic E-state index is 11.2. The first-order chi connectivity index (χ1) is 7.17. The molecule has 0 aromatic heterocycles. The van der Waals surface area contributed by atoms with Gasteiger partial charge in [-0.05, 0) is 12.3 Å². The number of rotatable bonds is 2. The Bertz CT molecular complexity index is 400. The normalized spacial score (nSPS) is 23.3. The van der Waals surface area contributed by atoms with Crippen LogP contribution in [0.2, 0.25) is 0 Å². The van der Waals surface area contributed by atoms with E-state index >= 15 is 0 Å². The Morgan fingerprint density at radius 2 is 2.40 bits per heavy atom. The highest BCUT2D eigenvalue weighted by molar-refractivity contribution is 7.99. The van der Waals surface area contributed by atoms with Crippen molar-refractivity contribution >= 4 is 29.3 Å². The molecule has 2 rings (SSSR count). The van der Waals surface area contributed by atoms with Gasteiger partial charge in [-0.1, -0.05) is 0 Å². The standard InChI is InChI=1S/C9H11N3O2S/c1-12-6-4-5(8(13)14-2)10-7(6)11-9(12)15-3/h4,9H,1-3H3. The van der Waals surface area contributed by atoms with Crippen LogP contribution >= 0.6 is 11.8 Å². The Hall–Kier alpha value is -1.30. The number of likely N-dealkylation sites (N-methyl/N-ethyl adjacent to an activating group) is 1. The van der Waals surface area contributed by atoms with Gasteiger partial charge in [0.05, 0.1) is 12.8 Å². The molecular formula is C9H11N3O2S. The summed E-state index contributed by atoms with van der Waals surface area (Å²) in [5.41, 5.74) is 1.27. The van der Waals surface area contributed by atoms with Gasteiger partial charge in [-0.25, -0.2) is 14.8 Å². The SMILES string of the molecule is COC(=O)C1=NC2=NC(SC)N(C)C2=C1. The average Bonchev–Trinajstić information content (AvgIpc) is 2.77. The van der Waals surface area contributed by atoms with E-state index in [2.05, 4.69) is 14.7 Å². The zero-order valence-electron chi connectivity index (χ0n) is 8.72. The van der Waals surface area contributed by atoms with E-state index in [-0.39, 0.29) is 5.50 Å². The van der Waals surface area contributed by atoms with E-state index in [0.29, 0.717) is 11.5 Å². The second kappa shape index (κ2) is 3.69. The molecule has 0 radical (unpaired) electrons. The molecule has 0 bridgehead atoms. The lowest BCUT2D eigenvalue weighted by atomic mass is 10.3. The summed E-state index contributed by atoms with van der Waals surface area (Å²) in [6, 6.07) is 0. The number of hydrogen-bond acceptors (Lipinski definition) is 6. The zero-order valence-corrected chi connectivity index (χ0v) is 9.54. The second-order valence-electron chi connectivity index (χ2n) is 3.14. The quantitative estimate of drug-likeness (QED) is 0.642. The third kappa shape index (κ3) is 1.54. The number of thioether (sulfide) groups is 1. The van der Waals surface area contributed by atoms with Gasteiger partial charge in [0, 0.05) is 7.05 Å². The molecule has 15 heavy (non-hydrogen) atoms. The van der Waals surface area contributed by atoms with E-state index < -0.39 is 5.97 Å². The summed E-state index contributed by atoms with van der Waals surface area (Å²) in [6.45, 7) is 0. The number of carbonyl (C=O) groups is 1. The highest BCUT2D eigenvalue weighted by Crippen LogP contribution is 2.28. The van der Waals surface area contributed by atoms with Crippen LogP contribution in [0.4, 0.5) is 0 Å². The van der Waals surface area contributed by atoms with E-state index in [4.69, 9.17) is 0 Å². The summed E-state index contributed by atoms with van der Waals surface area (Å²) in [4.78, 5) is 21.7. The van der Waals surface area contributed by atoms with Crippen LogP contribution in [0, 0.1) is 0 Å². The van der Waals surface area contributed by atoms with E-state index in [1.807, 2.05) is 18.2 Å². The molecule has 2 aliphatic heterocycles. The molecule has 0 aliphatic carbocycles. The van der Waals surface area contributed by atoms with Gasteiger partial charge in [0.2, 0.25) is 0 Å². The largest absolute Gasteiger partial charge is 0.464 e. The van der Waals surface area contributed by atoms with Gasteiger partial charge in [-0.15, -0.1) is 11.8 Å². The number of ether oxygens (including phenoxy) is 1. The Morgan fingerprint density at radius 1 is 1.67 bits per heavy atom. The van der Waals surface area contributed by atoms with E-state index in [1.165, 1.54) is 7.11 Å². The average molecular weight is 225 g/mol. The van der Waals surface area contributed by atoms with Crippen molar-refractivity contribution in [3.63, 3.8) is 0 Å². The van der Waals surface area contributed by atoms with Crippen molar-refractivity contribution in [3.05, 3.63) is 11.8 Å². The lowest BCUT2D eigenvalue weighted by Gasteiger charge is -2.17. The minimum Gasteiger partial charge on any atom is -0.464 e. The van der Waals surface area contributed by atoms with Gasteiger partial charge in [-0.2, -0.15) is 0 Å².